The SMILES string of the molecule is CCc1cc2c(N3CCN(C(=O)C=Cc4ccc5c(c4)CCO5)CC3)ncnc2s1. The molecule has 0 bridgehead atoms. The standard InChI is InChI=1S/C23H24N4O2S/c1-2-18-14-19-22(24-15-25-23(19)30-18)27-10-8-26(9-11-27)21(28)6-4-16-3-5-20-17(13-16)7-12-29-20/h3-6,13-15H,2,7-12H2,1H3. The summed E-state index contributed by atoms with van der Waals surface area (Å²) in [6.45, 7) is 5.84. The number of hydrogen-bond donors (Lipinski definition) is 0. The number of benzene rings is 1. The lowest BCUT2D eigenvalue weighted by atomic mass is 10.1. The highest BCUT2D eigenvalue weighted by atomic mass is 32.1. The molecule has 6 nitrogen and oxygen atoms in total. The molecule has 5 rings (SSSR count). The molecule has 2 aliphatic rings. The number of aryl methyl sites for hydroxylation is 1. The molecule has 0 N–H and O–H groups in total. The molecular formula is C23H24N4O2S. The molecule has 30 heavy (non-hydrogen) atoms. The number of ether oxygens (including phenoxy) is 1. The lowest BCUT2D eigenvalue weighted by molar-refractivity contribution is -0.126. The van der Waals surface area contributed by atoms with Crippen LogP contribution in [0, 0.1) is 0 Å². The number of nitrogens with zero attached hydrogens (tertiary/aromatic N) is 4. The van der Waals surface area contributed by atoms with E-state index in [4.69, 9.17) is 4.74 Å². The quantitative estimate of drug-likeness (QED) is 0.604. The van der Waals surface area contributed by atoms with Gasteiger partial charge in [-0.3, -0.25) is 4.79 Å². The Bertz CT molecular complexity index is 1120. The molecule has 1 aromatic carbocycles. The number of fused-ring (bicyclic) bond motifs is 2. The molecule has 4 heterocycles. The molecule has 7 heteroatoms. The van der Waals surface area contributed by atoms with Crippen LogP contribution in [0.4, 0.5) is 5.82 Å². The van der Waals surface area contributed by atoms with Crippen molar-refractivity contribution < 1.29 is 9.53 Å². The van der Waals surface area contributed by atoms with Crippen LogP contribution in [0.25, 0.3) is 16.3 Å². The summed E-state index contributed by atoms with van der Waals surface area (Å²) in [5, 5.41) is 1.12. The Morgan fingerprint density at radius 3 is 2.90 bits per heavy atom. The first-order valence-corrected chi connectivity index (χ1v) is 11.2. The molecule has 0 unspecified atom stereocenters. The number of piperazine rings is 1. The third-order valence-electron chi connectivity index (χ3n) is 5.73. The fourth-order valence-corrected chi connectivity index (χ4v) is 4.97. The van der Waals surface area contributed by atoms with Crippen molar-refractivity contribution in [1.82, 2.24) is 14.9 Å². The number of carbonyl (C=O) groups is 1. The number of rotatable bonds is 4. The number of carbonyl (C=O) groups excluding carboxylic acids is 1. The van der Waals surface area contributed by atoms with Gasteiger partial charge in [-0.15, -0.1) is 11.3 Å². The summed E-state index contributed by atoms with van der Waals surface area (Å²) in [5.41, 5.74) is 2.26. The fraction of sp³-hybridized carbons (Fsp3) is 0.348. The Morgan fingerprint density at radius 1 is 1.20 bits per heavy atom. The Hall–Kier alpha value is -2.93. The van der Waals surface area contributed by atoms with Crippen LogP contribution < -0.4 is 9.64 Å². The van der Waals surface area contributed by atoms with E-state index >= 15 is 0 Å². The minimum Gasteiger partial charge on any atom is -0.493 e. The molecule has 0 spiro atoms. The van der Waals surface area contributed by atoms with E-state index in [2.05, 4.69) is 33.9 Å². The second-order valence-electron chi connectivity index (χ2n) is 7.59. The van der Waals surface area contributed by atoms with Crippen LogP contribution in [0.1, 0.15) is 22.9 Å². The van der Waals surface area contributed by atoms with Crippen LogP contribution >= 0.6 is 11.3 Å². The van der Waals surface area contributed by atoms with Crippen molar-refractivity contribution in [3.8, 4) is 5.75 Å². The van der Waals surface area contributed by atoms with E-state index in [1.54, 1.807) is 23.7 Å². The zero-order chi connectivity index (χ0) is 20.5. The van der Waals surface area contributed by atoms with Gasteiger partial charge in [0.1, 0.15) is 22.7 Å². The third kappa shape index (κ3) is 3.65. The van der Waals surface area contributed by atoms with Crippen molar-refractivity contribution in [2.75, 3.05) is 37.7 Å². The zero-order valence-corrected chi connectivity index (χ0v) is 17.8. The minimum atomic E-state index is 0.0584. The maximum absolute atomic E-state index is 12.7. The van der Waals surface area contributed by atoms with Gasteiger partial charge in [0.2, 0.25) is 5.91 Å². The van der Waals surface area contributed by atoms with Crippen molar-refractivity contribution in [3.63, 3.8) is 0 Å². The van der Waals surface area contributed by atoms with Crippen LogP contribution in [-0.2, 0) is 17.6 Å². The highest BCUT2D eigenvalue weighted by Gasteiger charge is 2.22. The first-order chi connectivity index (χ1) is 14.7. The van der Waals surface area contributed by atoms with E-state index in [0.717, 1.165) is 59.9 Å². The number of amides is 1. The molecule has 2 aliphatic heterocycles. The van der Waals surface area contributed by atoms with Crippen LogP contribution in [0.3, 0.4) is 0 Å². The number of anilines is 1. The van der Waals surface area contributed by atoms with Gasteiger partial charge in [-0.1, -0.05) is 13.0 Å². The first kappa shape index (κ1) is 19.1. The van der Waals surface area contributed by atoms with E-state index in [-0.39, 0.29) is 5.91 Å². The van der Waals surface area contributed by atoms with Crippen LogP contribution in [0.2, 0.25) is 0 Å². The van der Waals surface area contributed by atoms with E-state index in [0.29, 0.717) is 13.1 Å². The largest absolute Gasteiger partial charge is 0.493 e. The third-order valence-corrected chi connectivity index (χ3v) is 6.92. The highest BCUT2D eigenvalue weighted by molar-refractivity contribution is 7.18. The van der Waals surface area contributed by atoms with Crippen molar-refractivity contribution in [2.45, 2.75) is 19.8 Å². The van der Waals surface area contributed by atoms with Gasteiger partial charge in [0.05, 0.1) is 12.0 Å². The summed E-state index contributed by atoms with van der Waals surface area (Å²) in [6.07, 6.45) is 7.18. The molecule has 3 aromatic rings. The predicted molar refractivity (Wildman–Crippen MR) is 120 cm³/mol. The Morgan fingerprint density at radius 2 is 2.07 bits per heavy atom. The molecule has 0 saturated carbocycles. The van der Waals surface area contributed by atoms with Gasteiger partial charge in [-0.25, -0.2) is 9.97 Å². The van der Waals surface area contributed by atoms with Crippen LogP contribution in [-0.4, -0.2) is 53.6 Å². The van der Waals surface area contributed by atoms with Gasteiger partial charge in [-0.05, 0) is 41.8 Å². The Kier molecular flexibility index (Phi) is 5.12. The zero-order valence-electron chi connectivity index (χ0n) is 17.0. The van der Waals surface area contributed by atoms with Crippen molar-refractivity contribution in [1.29, 1.82) is 0 Å². The topological polar surface area (TPSA) is 58.6 Å². The van der Waals surface area contributed by atoms with Gasteiger partial charge in [0, 0.05) is 43.6 Å². The van der Waals surface area contributed by atoms with E-state index in [1.165, 1.54) is 10.4 Å². The van der Waals surface area contributed by atoms with Crippen molar-refractivity contribution in [2.24, 2.45) is 0 Å². The maximum atomic E-state index is 12.7. The number of hydrogen-bond acceptors (Lipinski definition) is 6. The Labute approximate surface area is 179 Å². The van der Waals surface area contributed by atoms with E-state index in [9.17, 15) is 4.79 Å². The summed E-state index contributed by atoms with van der Waals surface area (Å²) in [7, 11) is 0. The molecule has 1 saturated heterocycles. The molecular weight excluding hydrogens is 396 g/mol. The summed E-state index contributed by atoms with van der Waals surface area (Å²) >= 11 is 1.73. The monoisotopic (exact) mass is 420 g/mol. The van der Waals surface area contributed by atoms with Crippen LogP contribution in [0.15, 0.2) is 36.7 Å². The second-order valence-corrected chi connectivity index (χ2v) is 8.71. The molecule has 2 aromatic heterocycles. The average molecular weight is 421 g/mol. The van der Waals surface area contributed by atoms with Gasteiger partial charge in [0.15, 0.2) is 0 Å². The van der Waals surface area contributed by atoms with Crippen molar-refractivity contribution in [3.05, 3.63) is 52.7 Å². The van der Waals surface area contributed by atoms with Crippen molar-refractivity contribution >= 4 is 39.4 Å². The van der Waals surface area contributed by atoms with Crippen LogP contribution in [0.5, 0.6) is 5.75 Å². The molecule has 1 fully saturated rings. The van der Waals surface area contributed by atoms with E-state index in [1.807, 2.05) is 23.1 Å². The maximum Gasteiger partial charge on any atom is 0.246 e. The lowest BCUT2D eigenvalue weighted by Crippen LogP contribution is -2.48. The summed E-state index contributed by atoms with van der Waals surface area (Å²) in [4.78, 5) is 28.2. The summed E-state index contributed by atoms with van der Waals surface area (Å²) < 4.78 is 5.54. The first-order valence-electron chi connectivity index (χ1n) is 10.4. The molecule has 0 radical (unpaired) electrons. The van der Waals surface area contributed by atoms with Gasteiger partial charge in [0.25, 0.3) is 0 Å². The predicted octanol–water partition coefficient (Wildman–Crippen LogP) is 3.55. The lowest BCUT2D eigenvalue weighted by Gasteiger charge is -2.35. The molecule has 0 aliphatic carbocycles. The second kappa shape index (κ2) is 8.07. The molecule has 154 valence electrons. The Balaban J connectivity index is 1.24. The van der Waals surface area contributed by atoms with Gasteiger partial charge >= 0.3 is 0 Å². The minimum absolute atomic E-state index is 0.0584. The summed E-state index contributed by atoms with van der Waals surface area (Å²) in [6, 6.07) is 8.30. The van der Waals surface area contributed by atoms with Gasteiger partial charge in [-0.2, -0.15) is 0 Å². The summed E-state index contributed by atoms with van der Waals surface area (Å²) in [5.74, 6) is 2.01. The smallest absolute Gasteiger partial charge is 0.246 e. The highest BCUT2D eigenvalue weighted by Crippen LogP contribution is 2.31. The van der Waals surface area contributed by atoms with E-state index < -0.39 is 0 Å². The number of thiophene rings is 1. The fourth-order valence-electron chi connectivity index (χ4n) is 4.04. The normalized spacial score (nSPS) is 16.3. The number of aromatic nitrogens is 2. The molecule has 1 amide bonds. The molecule has 0 atom stereocenters. The van der Waals surface area contributed by atoms with Gasteiger partial charge < -0.3 is 14.5 Å². The average Bonchev–Trinajstić information content (AvgIpc) is 3.43.